The van der Waals surface area contributed by atoms with Crippen LogP contribution in [0.1, 0.15) is 30.1 Å². The number of hydrogen-bond donors (Lipinski definition) is 0. The first-order valence-corrected chi connectivity index (χ1v) is 10.00. The van der Waals surface area contributed by atoms with Crippen molar-refractivity contribution >= 4 is 27.5 Å². The number of nitrogens with zero attached hydrogens (tertiary/aromatic N) is 2. The van der Waals surface area contributed by atoms with E-state index in [1.54, 1.807) is 0 Å². The summed E-state index contributed by atoms with van der Waals surface area (Å²) in [6.07, 6.45) is 2.13. The number of halogens is 1. The molecule has 1 aliphatic rings. The van der Waals surface area contributed by atoms with Crippen LogP contribution < -0.4 is 9.64 Å². The van der Waals surface area contributed by atoms with E-state index in [4.69, 9.17) is 4.74 Å². The minimum atomic E-state index is 0.0820. The van der Waals surface area contributed by atoms with Gasteiger partial charge < -0.3 is 14.5 Å². The highest BCUT2D eigenvalue weighted by Crippen LogP contribution is 2.27. The number of benzene rings is 2. The van der Waals surface area contributed by atoms with Gasteiger partial charge in [-0.25, -0.2) is 0 Å². The molecule has 4 nitrogen and oxygen atoms in total. The number of unbranched alkanes of at least 4 members (excludes halogenated alkanes) is 1. The smallest absolute Gasteiger partial charge is 0.254 e. The van der Waals surface area contributed by atoms with Gasteiger partial charge in [0, 0.05) is 37.4 Å². The molecule has 5 heteroatoms. The van der Waals surface area contributed by atoms with E-state index in [9.17, 15) is 4.79 Å². The van der Waals surface area contributed by atoms with E-state index < -0.39 is 0 Å². The predicted molar refractivity (Wildman–Crippen MR) is 109 cm³/mol. The summed E-state index contributed by atoms with van der Waals surface area (Å²) in [6.45, 7) is 6.02. The molecular formula is C21H25BrN2O2. The molecule has 2 aromatic rings. The lowest BCUT2D eigenvalue weighted by Crippen LogP contribution is -2.48. The highest BCUT2D eigenvalue weighted by Gasteiger charge is 2.22. The average Bonchev–Trinajstić information content (AvgIpc) is 2.69. The number of anilines is 1. The maximum atomic E-state index is 12.8. The molecule has 0 saturated carbocycles. The monoisotopic (exact) mass is 416 g/mol. The molecule has 138 valence electrons. The van der Waals surface area contributed by atoms with Crippen LogP contribution in [0.25, 0.3) is 0 Å². The van der Waals surface area contributed by atoms with E-state index in [-0.39, 0.29) is 5.91 Å². The molecule has 1 fully saturated rings. The molecule has 0 spiro atoms. The molecule has 0 aliphatic carbocycles. The first-order valence-electron chi connectivity index (χ1n) is 9.20. The first kappa shape index (κ1) is 18.8. The first-order chi connectivity index (χ1) is 12.7. The Morgan fingerprint density at radius 1 is 1.08 bits per heavy atom. The van der Waals surface area contributed by atoms with E-state index in [0.29, 0.717) is 12.2 Å². The molecule has 1 saturated heterocycles. The summed E-state index contributed by atoms with van der Waals surface area (Å²) in [7, 11) is 0. The van der Waals surface area contributed by atoms with Crippen molar-refractivity contribution in [2.45, 2.75) is 19.8 Å². The second kappa shape index (κ2) is 9.08. The van der Waals surface area contributed by atoms with Gasteiger partial charge in [-0.15, -0.1) is 0 Å². The molecule has 3 rings (SSSR count). The Balaban J connectivity index is 1.59. The van der Waals surface area contributed by atoms with Crippen LogP contribution in [0.2, 0.25) is 0 Å². The number of piperazine rings is 1. The Labute approximate surface area is 163 Å². The summed E-state index contributed by atoms with van der Waals surface area (Å²) in [6, 6.07) is 16.0. The molecule has 26 heavy (non-hydrogen) atoms. The second-order valence-electron chi connectivity index (χ2n) is 6.46. The summed E-state index contributed by atoms with van der Waals surface area (Å²) >= 11 is 3.53. The van der Waals surface area contributed by atoms with Gasteiger partial charge in [-0.05, 0) is 52.7 Å². The molecule has 0 radical (unpaired) electrons. The topological polar surface area (TPSA) is 32.8 Å². The highest BCUT2D eigenvalue weighted by molar-refractivity contribution is 9.10. The number of para-hydroxylation sites is 1. The number of amides is 1. The summed E-state index contributed by atoms with van der Waals surface area (Å²) in [4.78, 5) is 17.1. The minimum Gasteiger partial charge on any atom is -0.492 e. The van der Waals surface area contributed by atoms with Gasteiger partial charge in [0.15, 0.2) is 0 Å². The van der Waals surface area contributed by atoms with Crippen molar-refractivity contribution in [3.05, 3.63) is 58.6 Å². The zero-order valence-corrected chi connectivity index (χ0v) is 16.7. The van der Waals surface area contributed by atoms with Crippen LogP contribution >= 0.6 is 15.9 Å². The largest absolute Gasteiger partial charge is 0.492 e. The molecule has 2 aromatic carbocycles. The fraction of sp³-hybridized carbons (Fsp3) is 0.381. The van der Waals surface area contributed by atoms with Crippen LogP contribution in [0.5, 0.6) is 5.75 Å². The van der Waals surface area contributed by atoms with Gasteiger partial charge in [-0.2, -0.15) is 0 Å². The summed E-state index contributed by atoms with van der Waals surface area (Å²) in [5.74, 6) is 0.877. The van der Waals surface area contributed by atoms with Gasteiger partial charge >= 0.3 is 0 Å². The summed E-state index contributed by atoms with van der Waals surface area (Å²) in [5, 5.41) is 0. The number of rotatable bonds is 6. The molecule has 0 atom stereocenters. The van der Waals surface area contributed by atoms with E-state index in [1.165, 1.54) is 5.69 Å². The number of hydrogen-bond acceptors (Lipinski definition) is 3. The van der Waals surface area contributed by atoms with Gasteiger partial charge in [-0.3, -0.25) is 4.79 Å². The van der Waals surface area contributed by atoms with Gasteiger partial charge in [0.25, 0.3) is 5.91 Å². The molecule has 1 aliphatic heterocycles. The van der Waals surface area contributed by atoms with Crippen molar-refractivity contribution in [1.82, 2.24) is 4.90 Å². The third-order valence-electron chi connectivity index (χ3n) is 4.62. The summed E-state index contributed by atoms with van der Waals surface area (Å²) in [5.41, 5.74) is 1.92. The Hall–Kier alpha value is -2.01. The van der Waals surface area contributed by atoms with Crippen LogP contribution in [0.3, 0.4) is 0 Å². The van der Waals surface area contributed by atoms with Crippen LogP contribution in [-0.2, 0) is 0 Å². The molecular weight excluding hydrogens is 392 g/mol. The number of ether oxygens (including phenoxy) is 1. The highest BCUT2D eigenvalue weighted by atomic mass is 79.9. The fourth-order valence-corrected chi connectivity index (χ4v) is 3.56. The predicted octanol–water partition coefficient (Wildman–Crippen LogP) is 4.59. The van der Waals surface area contributed by atoms with Crippen molar-refractivity contribution in [3.63, 3.8) is 0 Å². The Morgan fingerprint density at radius 2 is 1.81 bits per heavy atom. The zero-order chi connectivity index (χ0) is 18.4. The lowest BCUT2D eigenvalue weighted by Gasteiger charge is -2.36. The van der Waals surface area contributed by atoms with Crippen molar-refractivity contribution < 1.29 is 9.53 Å². The van der Waals surface area contributed by atoms with Gasteiger partial charge in [-0.1, -0.05) is 31.5 Å². The minimum absolute atomic E-state index is 0.0820. The maximum Gasteiger partial charge on any atom is 0.254 e. The van der Waals surface area contributed by atoms with Crippen molar-refractivity contribution in [2.75, 3.05) is 37.7 Å². The van der Waals surface area contributed by atoms with E-state index in [1.807, 2.05) is 29.2 Å². The average molecular weight is 417 g/mol. The van der Waals surface area contributed by atoms with Crippen molar-refractivity contribution in [3.8, 4) is 5.75 Å². The van der Waals surface area contributed by atoms with E-state index in [2.05, 4.69) is 52.0 Å². The SMILES string of the molecule is CCCCOc1ccc(C(=O)N2CCN(c3ccccc3)CC2)cc1Br. The van der Waals surface area contributed by atoms with Crippen LogP contribution in [0.4, 0.5) is 5.69 Å². The van der Waals surface area contributed by atoms with Crippen molar-refractivity contribution in [2.24, 2.45) is 0 Å². The molecule has 1 heterocycles. The third kappa shape index (κ3) is 4.58. The molecule has 0 aromatic heterocycles. The van der Waals surface area contributed by atoms with E-state index >= 15 is 0 Å². The quantitative estimate of drug-likeness (QED) is 0.645. The lowest BCUT2D eigenvalue weighted by molar-refractivity contribution is 0.0746. The molecule has 0 bridgehead atoms. The van der Waals surface area contributed by atoms with Crippen LogP contribution in [-0.4, -0.2) is 43.6 Å². The fourth-order valence-electron chi connectivity index (χ4n) is 3.07. The Morgan fingerprint density at radius 3 is 2.46 bits per heavy atom. The van der Waals surface area contributed by atoms with Gasteiger partial charge in [0.2, 0.25) is 0 Å². The zero-order valence-electron chi connectivity index (χ0n) is 15.2. The Bertz CT molecular complexity index is 728. The van der Waals surface area contributed by atoms with Gasteiger partial charge in [0.1, 0.15) is 5.75 Å². The second-order valence-corrected chi connectivity index (χ2v) is 7.32. The number of carbonyl (C=O) groups excluding carboxylic acids is 1. The third-order valence-corrected chi connectivity index (χ3v) is 5.24. The molecule has 0 unspecified atom stereocenters. The van der Waals surface area contributed by atoms with Crippen LogP contribution in [0, 0.1) is 0 Å². The number of carbonyl (C=O) groups is 1. The standard InChI is InChI=1S/C21H25BrN2O2/c1-2-3-15-26-20-10-9-17(16-19(20)22)21(25)24-13-11-23(12-14-24)18-7-5-4-6-8-18/h4-10,16H,2-3,11-15H2,1H3. The Kier molecular flexibility index (Phi) is 6.56. The maximum absolute atomic E-state index is 12.8. The van der Waals surface area contributed by atoms with Crippen molar-refractivity contribution in [1.29, 1.82) is 0 Å². The van der Waals surface area contributed by atoms with Gasteiger partial charge in [0.05, 0.1) is 11.1 Å². The van der Waals surface area contributed by atoms with E-state index in [0.717, 1.165) is 49.2 Å². The lowest BCUT2D eigenvalue weighted by atomic mass is 10.1. The summed E-state index contributed by atoms with van der Waals surface area (Å²) < 4.78 is 6.58. The normalized spacial score (nSPS) is 14.4. The van der Waals surface area contributed by atoms with Crippen LogP contribution in [0.15, 0.2) is 53.0 Å². The molecule has 0 N–H and O–H groups in total. The molecule has 1 amide bonds.